The van der Waals surface area contributed by atoms with Gasteiger partial charge in [0.25, 0.3) is 5.56 Å². The van der Waals surface area contributed by atoms with Crippen LogP contribution in [-0.2, 0) is 11.3 Å². The molecule has 0 aliphatic rings. The highest BCUT2D eigenvalue weighted by Crippen LogP contribution is 2.19. The summed E-state index contributed by atoms with van der Waals surface area (Å²) in [5.41, 5.74) is 0.521. The SMILES string of the molecule is O=C(CCn1c(=S)[nH]c2ccccc2c1=O)NCCSc1ccc(Cl)cc1. The number of carbonyl (C=O) groups excluding carboxylic acids is 1. The Morgan fingerprint density at radius 2 is 1.93 bits per heavy atom. The van der Waals surface area contributed by atoms with E-state index in [9.17, 15) is 9.59 Å². The molecule has 0 aliphatic carbocycles. The predicted molar refractivity (Wildman–Crippen MR) is 113 cm³/mol. The van der Waals surface area contributed by atoms with E-state index in [0.29, 0.717) is 27.2 Å². The second-order valence-electron chi connectivity index (χ2n) is 5.83. The molecule has 0 atom stereocenters. The molecule has 27 heavy (non-hydrogen) atoms. The maximum Gasteiger partial charge on any atom is 0.262 e. The Morgan fingerprint density at radius 3 is 2.70 bits per heavy atom. The number of halogens is 1. The second-order valence-corrected chi connectivity index (χ2v) is 7.83. The van der Waals surface area contributed by atoms with Gasteiger partial charge in [-0.3, -0.25) is 14.2 Å². The molecule has 0 radical (unpaired) electrons. The largest absolute Gasteiger partial charge is 0.355 e. The Hall–Kier alpha value is -2.09. The fourth-order valence-electron chi connectivity index (χ4n) is 2.59. The normalized spacial score (nSPS) is 10.9. The number of nitrogens with zero attached hydrogens (tertiary/aromatic N) is 1. The van der Waals surface area contributed by atoms with Gasteiger partial charge in [0.15, 0.2) is 4.77 Å². The van der Waals surface area contributed by atoms with Crippen LogP contribution in [0.4, 0.5) is 0 Å². The van der Waals surface area contributed by atoms with Crippen LogP contribution in [0.1, 0.15) is 6.42 Å². The van der Waals surface area contributed by atoms with Crippen LogP contribution in [-0.4, -0.2) is 27.8 Å². The Balaban J connectivity index is 1.50. The number of rotatable bonds is 7. The van der Waals surface area contributed by atoms with Crippen molar-refractivity contribution in [2.24, 2.45) is 0 Å². The first-order valence-corrected chi connectivity index (χ1v) is 10.2. The maximum absolute atomic E-state index is 12.5. The number of hydrogen-bond acceptors (Lipinski definition) is 4. The number of fused-ring (bicyclic) bond motifs is 1. The van der Waals surface area contributed by atoms with Crippen LogP contribution >= 0.6 is 35.6 Å². The third-order valence-electron chi connectivity index (χ3n) is 3.96. The first-order chi connectivity index (χ1) is 13.0. The van der Waals surface area contributed by atoms with Crippen molar-refractivity contribution in [1.29, 1.82) is 0 Å². The summed E-state index contributed by atoms with van der Waals surface area (Å²) in [6.07, 6.45) is 0.196. The third-order valence-corrected chi connectivity index (χ3v) is 5.55. The van der Waals surface area contributed by atoms with Gasteiger partial charge in [-0.15, -0.1) is 11.8 Å². The molecule has 1 amide bonds. The number of thioether (sulfide) groups is 1. The highest BCUT2D eigenvalue weighted by Gasteiger charge is 2.07. The van der Waals surface area contributed by atoms with Crippen molar-refractivity contribution in [2.75, 3.05) is 12.3 Å². The van der Waals surface area contributed by atoms with Crippen LogP contribution in [0.3, 0.4) is 0 Å². The van der Waals surface area contributed by atoms with E-state index < -0.39 is 0 Å². The number of carbonyl (C=O) groups is 1. The van der Waals surface area contributed by atoms with Crippen LogP contribution in [0.5, 0.6) is 0 Å². The molecule has 1 heterocycles. The standard InChI is InChI=1S/C19H18ClN3O2S2/c20-13-5-7-14(8-6-13)27-12-10-21-17(24)9-11-23-18(25)15-3-1-2-4-16(15)22-19(23)26/h1-8H,9-12H2,(H,21,24)(H,22,26). The minimum atomic E-state index is -0.180. The van der Waals surface area contributed by atoms with E-state index in [4.69, 9.17) is 23.8 Å². The fraction of sp³-hybridized carbons (Fsp3) is 0.211. The molecule has 140 valence electrons. The summed E-state index contributed by atoms with van der Waals surface area (Å²) in [4.78, 5) is 28.7. The van der Waals surface area contributed by atoms with Gasteiger partial charge in [-0.25, -0.2) is 0 Å². The van der Waals surface area contributed by atoms with Crippen molar-refractivity contribution in [3.8, 4) is 0 Å². The minimum absolute atomic E-state index is 0.110. The summed E-state index contributed by atoms with van der Waals surface area (Å²) in [7, 11) is 0. The first kappa shape index (κ1) is 19.7. The molecular formula is C19H18ClN3O2S2. The highest BCUT2D eigenvalue weighted by molar-refractivity contribution is 7.99. The van der Waals surface area contributed by atoms with Crippen molar-refractivity contribution in [3.63, 3.8) is 0 Å². The number of benzene rings is 2. The van der Waals surface area contributed by atoms with E-state index in [0.717, 1.165) is 10.6 Å². The van der Waals surface area contributed by atoms with E-state index in [2.05, 4.69) is 10.3 Å². The molecule has 3 aromatic rings. The number of hydrogen-bond donors (Lipinski definition) is 2. The summed E-state index contributed by atoms with van der Waals surface area (Å²) in [6.45, 7) is 0.792. The van der Waals surface area contributed by atoms with Crippen LogP contribution in [0.2, 0.25) is 5.02 Å². The van der Waals surface area contributed by atoms with E-state index in [-0.39, 0.29) is 24.4 Å². The van der Waals surface area contributed by atoms with Gasteiger partial charge in [0.1, 0.15) is 0 Å². The van der Waals surface area contributed by atoms with Crippen LogP contribution < -0.4 is 10.9 Å². The number of aromatic amines is 1. The van der Waals surface area contributed by atoms with E-state index in [1.54, 1.807) is 23.9 Å². The average molecular weight is 420 g/mol. The molecule has 8 heteroatoms. The Labute approximate surface area is 170 Å². The van der Waals surface area contributed by atoms with Crippen LogP contribution in [0.25, 0.3) is 10.9 Å². The van der Waals surface area contributed by atoms with Crippen molar-refractivity contribution >= 4 is 52.4 Å². The smallest absolute Gasteiger partial charge is 0.262 e. The molecule has 0 bridgehead atoms. The summed E-state index contributed by atoms with van der Waals surface area (Å²) in [5.74, 6) is 0.643. The molecule has 0 unspecified atom stereocenters. The minimum Gasteiger partial charge on any atom is -0.355 e. The van der Waals surface area contributed by atoms with Gasteiger partial charge in [-0.2, -0.15) is 0 Å². The monoisotopic (exact) mass is 419 g/mol. The molecule has 0 spiro atoms. The average Bonchev–Trinajstić information content (AvgIpc) is 2.66. The van der Waals surface area contributed by atoms with Gasteiger partial charge in [0.2, 0.25) is 5.91 Å². The Bertz CT molecular complexity index is 1060. The van der Waals surface area contributed by atoms with Crippen LogP contribution in [0.15, 0.2) is 58.2 Å². The highest BCUT2D eigenvalue weighted by atomic mass is 35.5. The lowest BCUT2D eigenvalue weighted by Gasteiger charge is -2.09. The molecule has 0 saturated heterocycles. The number of H-pyrrole nitrogens is 1. The molecule has 0 aliphatic heterocycles. The van der Waals surface area contributed by atoms with Crippen molar-refractivity contribution in [1.82, 2.24) is 14.9 Å². The molecule has 3 rings (SSSR count). The molecule has 1 aromatic heterocycles. The lowest BCUT2D eigenvalue weighted by atomic mass is 10.2. The van der Waals surface area contributed by atoms with Crippen molar-refractivity contribution < 1.29 is 4.79 Å². The van der Waals surface area contributed by atoms with Gasteiger partial charge in [0, 0.05) is 35.2 Å². The number of para-hydroxylation sites is 1. The van der Waals surface area contributed by atoms with E-state index in [1.807, 2.05) is 36.4 Å². The molecule has 2 N–H and O–H groups in total. The Kier molecular flexibility index (Phi) is 6.71. The topological polar surface area (TPSA) is 66.9 Å². The van der Waals surface area contributed by atoms with Gasteiger partial charge >= 0.3 is 0 Å². The maximum atomic E-state index is 12.5. The Morgan fingerprint density at radius 1 is 1.19 bits per heavy atom. The van der Waals surface area contributed by atoms with Gasteiger partial charge < -0.3 is 10.3 Å². The molecular weight excluding hydrogens is 402 g/mol. The quantitative estimate of drug-likeness (QED) is 0.345. The van der Waals surface area contributed by atoms with E-state index in [1.165, 1.54) is 4.57 Å². The number of amides is 1. The summed E-state index contributed by atoms with van der Waals surface area (Å²) < 4.78 is 1.75. The van der Waals surface area contributed by atoms with Gasteiger partial charge in [0.05, 0.1) is 10.9 Å². The molecule has 2 aromatic carbocycles. The van der Waals surface area contributed by atoms with E-state index >= 15 is 0 Å². The lowest BCUT2D eigenvalue weighted by molar-refractivity contribution is -0.121. The molecule has 0 fully saturated rings. The summed E-state index contributed by atoms with van der Waals surface area (Å²) >= 11 is 12.7. The predicted octanol–water partition coefficient (Wildman–Crippen LogP) is 4.01. The number of nitrogens with one attached hydrogen (secondary N) is 2. The zero-order valence-corrected chi connectivity index (χ0v) is 16.8. The second kappa shape index (κ2) is 9.21. The third kappa shape index (κ3) is 5.22. The zero-order valence-electron chi connectivity index (χ0n) is 14.4. The summed E-state index contributed by atoms with van der Waals surface area (Å²) in [5, 5.41) is 4.13. The molecule has 5 nitrogen and oxygen atoms in total. The fourth-order valence-corrected chi connectivity index (χ4v) is 3.77. The van der Waals surface area contributed by atoms with Gasteiger partial charge in [-0.1, -0.05) is 23.7 Å². The summed E-state index contributed by atoms with van der Waals surface area (Å²) in [6, 6.07) is 14.8. The first-order valence-electron chi connectivity index (χ1n) is 8.41. The zero-order chi connectivity index (χ0) is 19.2. The molecule has 0 saturated carbocycles. The van der Waals surface area contributed by atoms with Crippen molar-refractivity contribution in [3.05, 3.63) is 68.7 Å². The van der Waals surface area contributed by atoms with Crippen molar-refractivity contribution in [2.45, 2.75) is 17.9 Å². The van der Waals surface area contributed by atoms with Crippen LogP contribution in [0, 0.1) is 4.77 Å². The number of aromatic nitrogens is 2. The lowest BCUT2D eigenvalue weighted by Crippen LogP contribution is -2.29. The van der Waals surface area contributed by atoms with Gasteiger partial charge in [-0.05, 0) is 48.6 Å².